The van der Waals surface area contributed by atoms with Crippen LogP contribution in [0.2, 0.25) is 0 Å². The van der Waals surface area contributed by atoms with Gasteiger partial charge >= 0.3 is 12.0 Å². The molecule has 0 atom stereocenters. The summed E-state index contributed by atoms with van der Waals surface area (Å²) in [6, 6.07) is 5.81. The number of hydrogen-bond acceptors (Lipinski definition) is 5. The van der Waals surface area contributed by atoms with E-state index in [1.807, 2.05) is 6.92 Å². The second kappa shape index (κ2) is 11.0. The van der Waals surface area contributed by atoms with Crippen molar-refractivity contribution in [2.75, 3.05) is 19.8 Å². The van der Waals surface area contributed by atoms with Gasteiger partial charge in [-0.1, -0.05) is 11.6 Å². The van der Waals surface area contributed by atoms with Crippen LogP contribution in [0.5, 0.6) is 5.75 Å². The average molecular weight is 374 g/mol. The van der Waals surface area contributed by atoms with Gasteiger partial charge in [0.1, 0.15) is 5.75 Å². The number of allylic oxidation sites excluding steroid dienone is 1. The van der Waals surface area contributed by atoms with E-state index in [0.29, 0.717) is 24.5 Å². The van der Waals surface area contributed by atoms with Crippen LogP contribution in [0.1, 0.15) is 49.4 Å². The highest BCUT2D eigenvalue weighted by molar-refractivity contribution is 5.97. The minimum atomic E-state index is -0.677. The van der Waals surface area contributed by atoms with Gasteiger partial charge in [-0.2, -0.15) is 0 Å². The first-order chi connectivity index (χ1) is 13.1. The number of ether oxygens (including phenoxy) is 2. The summed E-state index contributed by atoms with van der Waals surface area (Å²) in [6.07, 6.45) is 7.59. The highest BCUT2D eigenvalue weighted by atomic mass is 16.5. The number of nitrogens with one attached hydrogen (secondary N) is 2. The standard InChI is InChI=1S/C20H26N2O5/c1-2-26-17-10-8-16(9-11-17)19(24)27-14-18(23)22-20(25)21-13-12-15-6-4-3-5-7-15/h6,8-11H,2-5,7,12-14H2,1H3,(H2,21,22,23,25). The van der Waals surface area contributed by atoms with Gasteiger partial charge in [0.2, 0.25) is 0 Å². The molecule has 0 saturated carbocycles. The van der Waals surface area contributed by atoms with Gasteiger partial charge in [-0.05, 0) is 63.3 Å². The van der Waals surface area contributed by atoms with E-state index in [4.69, 9.17) is 9.47 Å². The van der Waals surface area contributed by atoms with E-state index in [1.54, 1.807) is 24.3 Å². The number of carbonyl (C=O) groups excluding carboxylic acids is 3. The van der Waals surface area contributed by atoms with Crippen molar-refractivity contribution >= 4 is 17.9 Å². The van der Waals surface area contributed by atoms with Crippen molar-refractivity contribution < 1.29 is 23.9 Å². The monoisotopic (exact) mass is 374 g/mol. The molecule has 0 heterocycles. The Morgan fingerprint density at radius 2 is 1.89 bits per heavy atom. The van der Waals surface area contributed by atoms with Crippen molar-refractivity contribution in [3.8, 4) is 5.75 Å². The third-order valence-electron chi connectivity index (χ3n) is 4.11. The predicted octanol–water partition coefficient (Wildman–Crippen LogP) is 2.96. The van der Waals surface area contributed by atoms with Gasteiger partial charge in [-0.3, -0.25) is 10.1 Å². The number of urea groups is 1. The zero-order chi connectivity index (χ0) is 19.5. The molecule has 2 N–H and O–H groups in total. The van der Waals surface area contributed by atoms with Crippen LogP contribution in [0, 0.1) is 0 Å². The number of hydrogen-bond donors (Lipinski definition) is 2. The molecule has 0 saturated heterocycles. The third kappa shape index (κ3) is 7.52. The summed E-state index contributed by atoms with van der Waals surface area (Å²) < 4.78 is 10.2. The van der Waals surface area contributed by atoms with E-state index in [0.717, 1.165) is 19.3 Å². The van der Waals surface area contributed by atoms with Crippen LogP contribution in [0.4, 0.5) is 4.79 Å². The molecule has 0 bridgehead atoms. The second-order valence-corrected chi connectivity index (χ2v) is 6.20. The van der Waals surface area contributed by atoms with Gasteiger partial charge in [0.15, 0.2) is 6.61 Å². The molecule has 146 valence electrons. The number of benzene rings is 1. The molecule has 0 aromatic heterocycles. The summed E-state index contributed by atoms with van der Waals surface area (Å²) in [5, 5.41) is 4.78. The Hall–Kier alpha value is -2.83. The predicted molar refractivity (Wildman–Crippen MR) is 101 cm³/mol. The Kier molecular flexibility index (Phi) is 8.35. The van der Waals surface area contributed by atoms with Gasteiger partial charge in [0, 0.05) is 6.54 Å². The summed E-state index contributed by atoms with van der Waals surface area (Å²) >= 11 is 0. The fourth-order valence-corrected chi connectivity index (χ4v) is 2.74. The van der Waals surface area contributed by atoms with Crippen molar-refractivity contribution in [2.24, 2.45) is 0 Å². The zero-order valence-electron chi connectivity index (χ0n) is 15.6. The molecule has 0 fully saturated rings. The molecule has 0 unspecified atom stereocenters. The molecule has 3 amide bonds. The van der Waals surface area contributed by atoms with Crippen molar-refractivity contribution in [3.05, 3.63) is 41.5 Å². The smallest absolute Gasteiger partial charge is 0.338 e. The first-order valence-corrected chi connectivity index (χ1v) is 9.24. The topological polar surface area (TPSA) is 93.7 Å². The lowest BCUT2D eigenvalue weighted by Crippen LogP contribution is -2.41. The molecule has 1 aliphatic carbocycles. The number of amides is 3. The molecule has 1 aliphatic rings. The lowest BCUT2D eigenvalue weighted by molar-refractivity contribution is -0.123. The number of imide groups is 1. The number of rotatable bonds is 8. The van der Waals surface area contributed by atoms with E-state index < -0.39 is 24.5 Å². The Balaban J connectivity index is 1.64. The van der Waals surface area contributed by atoms with E-state index in [1.165, 1.54) is 18.4 Å². The van der Waals surface area contributed by atoms with Crippen LogP contribution >= 0.6 is 0 Å². The van der Waals surface area contributed by atoms with Gasteiger partial charge in [-0.15, -0.1) is 0 Å². The number of esters is 1. The molecular formula is C20H26N2O5. The van der Waals surface area contributed by atoms with Crippen LogP contribution in [0.15, 0.2) is 35.9 Å². The third-order valence-corrected chi connectivity index (χ3v) is 4.11. The molecule has 0 radical (unpaired) electrons. The fraction of sp³-hybridized carbons (Fsp3) is 0.450. The van der Waals surface area contributed by atoms with Crippen molar-refractivity contribution in [2.45, 2.75) is 39.0 Å². The van der Waals surface area contributed by atoms with E-state index >= 15 is 0 Å². The highest BCUT2D eigenvalue weighted by Crippen LogP contribution is 2.19. The maximum Gasteiger partial charge on any atom is 0.338 e. The Bertz CT molecular complexity index is 682. The van der Waals surface area contributed by atoms with Crippen LogP contribution in [-0.2, 0) is 9.53 Å². The van der Waals surface area contributed by atoms with Gasteiger partial charge < -0.3 is 14.8 Å². The van der Waals surface area contributed by atoms with E-state index in [-0.39, 0.29) is 0 Å². The lowest BCUT2D eigenvalue weighted by Gasteiger charge is -2.13. The maximum atomic E-state index is 11.9. The molecule has 1 aromatic carbocycles. The lowest BCUT2D eigenvalue weighted by atomic mass is 9.97. The molecule has 0 spiro atoms. The fourth-order valence-electron chi connectivity index (χ4n) is 2.74. The molecule has 0 aliphatic heterocycles. The summed E-state index contributed by atoms with van der Waals surface area (Å²) in [6.45, 7) is 2.34. The summed E-state index contributed by atoms with van der Waals surface area (Å²) in [5.41, 5.74) is 1.65. The summed E-state index contributed by atoms with van der Waals surface area (Å²) in [5.74, 6) is -0.672. The first kappa shape index (κ1) is 20.5. The van der Waals surface area contributed by atoms with E-state index in [9.17, 15) is 14.4 Å². The molecule has 27 heavy (non-hydrogen) atoms. The molecule has 7 heteroatoms. The van der Waals surface area contributed by atoms with Gasteiger partial charge in [0.25, 0.3) is 5.91 Å². The minimum Gasteiger partial charge on any atom is -0.494 e. The highest BCUT2D eigenvalue weighted by Gasteiger charge is 2.13. The zero-order valence-corrected chi connectivity index (χ0v) is 15.6. The van der Waals surface area contributed by atoms with Crippen molar-refractivity contribution in [1.29, 1.82) is 0 Å². The van der Waals surface area contributed by atoms with Gasteiger partial charge in [-0.25, -0.2) is 9.59 Å². The molecule has 7 nitrogen and oxygen atoms in total. The normalized spacial score (nSPS) is 13.3. The van der Waals surface area contributed by atoms with Gasteiger partial charge in [0.05, 0.1) is 12.2 Å². The first-order valence-electron chi connectivity index (χ1n) is 9.24. The van der Waals surface area contributed by atoms with E-state index in [2.05, 4.69) is 16.7 Å². The van der Waals surface area contributed by atoms with Crippen molar-refractivity contribution in [3.63, 3.8) is 0 Å². The SMILES string of the molecule is CCOc1ccc(C(=O)OCC(=O)NC(=O)NCCC2=CCCCC2)cc1. The Labute approximate surface area is 159 Å². The largest absolute Gasteiger partial charge is 0.494 e. The van der Waals surface area contributed by atoms with Crippen LogP contribution < -0.4 is 15.4 Å². The molecule has 1 aromatic rings. The molecular weight excluding hydrogens is 348 g/mol. The van der Waals surface area contributed by atoms with Crippen LogP contribution in [0.3, 0.4) is 0 Å². The average Bonchev–Trinajstić information content (AvgIpc) is 2.68. The van der Waals surface area contributed by atoms with Crippen LogP contribution in [0.25, 0.3) is 0 Å². The second-order valence-electron chi connectivity index (χ2n) is 6.20. The maximum absolute atomic E-state index is 11.9. The number of carbonyl (C=O) groups is 3. The quantitative estimate of drug-likeness (QED) is 0.539. The summed E-state index contributed by atoms with van der Waals surface area (Å²) in [7, 11) is 0. The summed E-state index contributed by atoms with van der Waals surface area (Å²) in [4.78, 5) is 35.3. The molecule has 2 rings (SSSR count). The van der Waals surface area contributed by atoms with Crippen LogP contribution in [-0.4, -0.2) is 37.7 Å². The Morgan fingerprint density at radius 1 is 1.11 bits per heavy atom. The van der Waals surface area contributed by atoms with Crippen molar-refractivity contribution in [1.82, 2.24) is 10.6 Å². The minimum absolute atomic E-state index is 0.302. The Morgan fingerprint density at radius 3 is 2.56 bits per heavy atom.